The molecule has 6 heteroatoms. The lowest BCUT2D eigenvalue weighted by atomic mass is 10.2. The summed E-state index contributed by atoms with van der Waals surface area (Å²) in [4.78, 5) is 9.20. The summed E-state index contributed by atoms with van der Waals surface area (Å²) in [7, 11) is 0. The molecule has 0 amide bonds. The predicted octanol–water partition coefficient (Wildman–Crippen LogP) is 3.28. The number of nitrogens with zero attached hydrogens (tertiary/aromatic N) is 2. The van der Waals surface area contributed by atoms with Crippen molar-refractivity contribution in [2.24, 2.45) is 5.84 Å². The first kappa shape index (κ1) is 16.4. The number of rotatable bonds is 6. The van der Waals surface area contributed by atoms with Gasteiger partial charge in [-0.25, -0.2) is 15.8 Å². The van der Waals surface area contributed by atoms with Crippen molar-refractivity contribution < 1.29 is 0 Å². The van der Waals surface area contributed by atoms with E-state index in [1.807, 2.05) is 18.7 Å². The van der Waals surface area contributed by atoms with E-state index in [4.69, 9.17) is 10.8 Å². The number of nitrogen functional groups attached to an aromatic ring is 1. The first-order valence-electron chi connectivity index (χ1n) is 7.80. The van der Waals surface area contributed by atoms with Gasteiger partial charge >= 0.3 is 0 Å². The van der Waals surface area contributed by atoms with Gasteiger partial charge in [-0.1, -0.05) is 27.2 Å². The van der Waals surface area contributed by atoms with Crippen LogP contribution in [0.15, 0.2) is 0 Å². The Morgan fingerprint density at radius 2 is 2.00 bits per heavy atom. The van der Waals surface area contributed by atoms with Gasteiger partial charge in [0.15, 0.2) is 0 Å². The van der Waals surface area contributed by atoms with Crippen molar-refractivity contribution in [3.05, 3.63) is 11.4 Å². The van der Waals surface area contributed by atoms with Gasteiger partial charge in [0.05, 0.1) is 0 Å². The summed E-state index contributed by atoms with van der Waals surface area (Å²) in [6.07, 6.45) is 3.79. The fraction of sp³-hybridized carbons (Fsp3) is 0.733. The number of nitrogens with one attached hydrogen (secondary N) is 2. The molecule has 21 heavy (non-hydrogen) atoms. The van der Waals surface area contributed by atoms with E-state index in [0.29, 0.717) is 17.1 Å². The summed E-state index contributed by atoms with van der Waals surface area (Å²) in [6.45, 7) is 8.43. The monoisotopic (exact) mass is 309 g/mol. The second kappa shape index (κ2) is 7.31. The standard InChI is InChI=1S/C15H27N5S/c1-5-21-12-8-6-7-11(12)17-14-10(4)15(20-16)19-13(18-14)9(2)3/h9,11-12H,5-8,16H2,1-4H3,(H2,17,18,19,20). The first-order valence-corrected chi connectivity index (χ1v) is 8.85. The minimum absolute atomic E-state index is 0.280. The summed E-state index contributed by atoms with van der Waals surface area (Å²) < 4.78 is 0. The quantitative estimate of drug-likeness (QED) is 0.553. The van der Waals surface area contributed by atoms with Crippen LogP contribution in [0.25, 0.3) is 0 Å². The Kier molecular flexibility index (Phi) is 5.70. The number of hydrogen-bond donors (Lipinski definition) is 3. The predicted molar refractivity (Wildman–Crippen MR) is 91.8 cm³/mol. The van der Waals surface area contributed by atoms with Crippen LogP contribution >= 0.6 is 11.8 Å². The van der Waals surface area contributed by atoms with Crippen LogP contribution in [0.1, 0.15) is 57.3 Å². The van der Waals surface area contributed by atoms with E-state index in [1.165, 1.54) is 25.0 Å². The molecular weight excluding hydrogens is 282 g/mol. The van der Waals surface area contributed by atoms with Crippen LogP contribution in [0.3, 0.4) is 0 Å². The van der Waals surface area contributed by atoms with Crippen LogP contribution < -0.4 is 16.6 Å². The molecule has 0 bridgehead atoms. The summed E-state index contributed by atoms with van der Waals surface area (Å²) in [5.41, 5.74) is 3.69. The first-order chi connectivity index (χ1) is 10.1. The molecule has 0 aliphatic heterocycles. The molecule has 1 aliphatic rings. The van der Waals surface area contributed by atoms with E-state index in [-0.39, 0.29) is 5.92 Å². The van der Waals surface area contributed by atoms with Crippen molar-refractivity contribution in [2.45, 2.75) is 64.2 Å². The van der Waals surface area contributed by atoms with Gasteiger partial charge in [0.25, 0.3) is 0 Å². The lowest BCUT2D eigenvalue weighted by Gasteiger charge is -2.23. The van der Waals surface area contributed by atoms with Gasteiger partial charge in [-0.3, -0.25) is 0 Å². The Morgan fingerprint density at radius 3 is 2.62 bits per heavy atom. The summed E-state index contributed by atoms with van der Waals surface area (Å²) in [6, 6.07) is 0.495. The Labute approximate surface area is 131 Å². The zero-order valence-electron chi connectivity index (χ0n) is 13.4. The highest BCUT2D eigenvalue weighted by Gasteiger charge is 2.28. The van der Waals surface area contributed by atoms with Crippen LogP contribution in [0, 0.1) is 6.92 Å². The number of anilines is 2. The molecule has 5 nitrogen and oxygen atoms in total. The topological polar surface area (TPSA) is 75.9 Å². The Morgan fingerprint density at radius 1 is 1.29 bits per heavy atom. The van der Waals surface area contributed by atoms with Crippen molar-refractivity contribution >= 4 is 23.4 Å². The minimum atomic E-state index is 0.280. The largest absolute Gasteiger partial charge is 0.366 e. The molecular formula is C15H27N5S. The van der Waals surface area contributed by atoms with E-state index in [9.17, 15) is 0 Å². The number of nitrogens with two attached hydrogens (primary N) is 1. The van der Waals surface area contributed by atoms with Crippen LogP contribution in [-0.4, -0.2) is 27.0 Å². The van der Waals surface area contributed by atoms with E-state index in [0.717, 1.165) is 17.2 Å². The SMILES string of the molecule is CCSC1CCCC1Nc1nc(C(C)C)nc(NN)c1C. The van der Waals surface area contributed by atoms with Crippen LogP contribution in [0.4, 0.5) is 11.6 Å². The molecule has 118 valence electrons. The number of aromatic nitrogens is 2. The van der Waals surface area contributed by atoms with Gasteiger partial charge in [-0.15, -0.1) is 0 Å². The van der Waals surface area contributed by atoms with Crippen molar-refractivity contribution in [1.82, 2.24) is 9.97 Å². The smallest absolute Gasteiger partial charge is 0.148 e. The maximum atomic E-state index is 5.60. The molecule has 0 saturated heterocycles. The van der Waals surface area contributed by atoms with E-state index < -0.39 is 0 Å². The van der Waals surface area contributed by atoms with Crippen molar-refractivity contribution in [2.75, 3.05) is 16.5 Å². The van der Waals surface area contributed by atoms with Gasteiger partial charge in [0.1, 0.15) is 17.5 Å². The van der Waals surface area contributed by atoms with Crippen molar-refractivity contribution in [1.29, 1.82) is 0 Å². The lowest BCUT2D eigenvalue weighted by Crippen LogP contribution is -2.28. The summed E-state index contributed by atoms with van der Waals surface area (Å²) in [5.74, 6) is 9.52. The average molecular weight is 309 g/mol. The van der Waals surface area contributed by atoms with Gasteiger partial charge in [0.2, 0.25) is 0 Å². The fourth-order valence-corrected chi connectivity index (χ4v) is 3.95. The molecule has 1 heterocycles. The normalized spacial score (nSPS) is 21.8. The Hall–Kier alpha value is -1.01. The van der Waals surface area contributed by atoms with E-state index in [2.05, 4.69) is 36.5 Å². The molecule has 4 N–H and O–H groups in total. The molecule has 0 spiro atoms. The van der Waals surface area contributed by atoms with Gasteiger partial charge < -0.3 is 10.7 Å². The van der Waals surface area contributed by atoms with Crippen LogP contribution in [0.5, 0.6) is 0 Å². The third-order valence-electron chi connectivity index (χ3n) is 3.97. The summed E-state index contributed by atoms with van der Waals surface area (Å²) >= 11 is 2.05. The lowest BCUT2D eigenvalue weighted by molar-refractivity contribution is 0.740. The molecule has 2 unspecified atom stereocenters. The Balaban J connectivity index is 2.24. The van der Waals surface area contributed by atoms with Crippen LogP contribution in [0.2, 0.25) is 0 Å². The summed E-state index contributed by atoms with van der Waals surface area (Å²) in [5, 5.41) is 4.33. The highest BCUT2D eigenvalue weighted by molar-refractivity contribution is 7.99. The highest BCUT2D eigenvalue weighted by atomic mass is 32.2. The van der Waals surface area contributed by atoms with Gasteiger partial charge in [-0.2, -0.15) is 11.8 Å². The van der Waals surface area contributed by atoms with Crippen molar-refractivity contribution in [3.8, 4) is 0 Å². The minimum Gasteiger partial charge on any atom is -0.366 e. The molecule has 1 saturated carbocycles. The van der Waals surface area contributed by atoms with Crippen molar-refractivity contribution in [3.63, 3.8) is 0 Å². The molecule has 2 atom stereocenters. The van der Waals surface area contributed by atoms with E-state index in [1.54, 1.807) is 0 Å². The third-order valence-corrected chi connectivity index (χ3v) is 5.30. The molecule has 1 aliphatic carbocycles. The zero-order valence-corrected chi connectivity index (χ0v) is 14.3. The molecule has 0 aromatic carbocycles. The maximum Gasteiger partial charge on any atom is 0.148 e. The number of hydrogen-bond acceptors (Lipinski definition) is 6. The van der Waals surface area contributed by atoms with Gasteiger partial charge in [-0.05, 0) is 25.5 Å². The second-order valence-corrected chi connectivity index (χ2v) is 7.39. The molecule has 2 rings (SSSR count). The third kappa shape index (κ3) is 3.80. The fourth-order valence-electron chi connectivity index (χ4n) is 2.75. The Bertz CT molecular complexity index is 477. The van der Waals surface area contributed by atoms with Crippen LogP contribution in [-0.2, 0) is 0 Å². The highest BCUT2D eigenvalue weighted by Crippen LogP contribution is 2.33. The maximum absolute atomic E-state index is 5.60. The second-order valence-electron chi connectivity index (χ2n) is 5.88. The zero-order chi connectivity index (χ0) is 15.4. The molecule has 1 aromatic rings. The molecule has 1 aromatic heterocycles. The molecule has 0 radical (unpaired) electrons. The number of thioether (sulfide) groups is 1. The van der Waals surface area contributed by atoms with E-state index >= 15 is 0 Å². The average Bonchev–Trinajstić information content (AvgIpc) is 2.88. The molecule has 1 fully saturated rings. The number of hydrazine groups is 1. The van der Waals surface area contributed by atoms with Gasteiger partial charge in [0, 0.05) is 22.8 Å².